The molecule has 0 aliphatic rings. The van der Waals surface area contributed by atoms with E-state index in [4.69, 9.17) is 11.1 Å². The zero-order valence-electron chi connectivity index (χ0n) is 11.0. The van der Waals surface area contributed by atoms with Crippen molar-refractivity contribution in [3.05, 3.63) is 23.4 Å². The van der Waals surface area contributed by atoms with Crippen LogP contribution in [0.5, 0.6) is 0 Å². The van der Waals surface area contributed by atoms with Crippen LogP contribution in [0.1, 0.15) is 20.8 Å². The van der Waals surface area contributed by atoms with Crippen LogP contribution in [0.2, 0.25) is 0 Å². The van der Waals surface area contributed by atoms with Crippen molar-refractivity contribution in [1.82, 2.24) is 0 Å². The summed E-state index contributed by atoms with van der Waals surface area (Å²) in [5.74, 6) is 0. The van der Waals surface area contributed by atoms with Gasteiger partial charge in [-0.05, 0) is 20.8 Å². The zero-order valence-corrected chi connectivity index (χ0v) is 11.0. The van der Waals surface area contributed by atoms with Crippen LogP contribution in [-0.4, -0.2) is 35.4 Å². The molecule has 108 valence electrons. The number of allylic oxidation sites excluding steroid dienone is 3. The van der Waals surface area contributed by atoms with Gasteiger partial charge in [-0.15, -0.1) is 0 Å². The van der Waals surface area contributed by atoms with E-state index in [2.05, 4.69) is 4.99 Å². The third-order valence-corrected chi connectivity index (χ3v) is 2.04. The van der Waals surface area contributed by atoms with Crippen molar-refractivity contribution >= 4 is 11.9 Å². The second-order valence-corrected chi connectivity index (χ2v) is 4.48. The number of halogens is 3. The Morgan fingerprint density at radius 3 is 2.21 bits per heavy atom. The van der Waals surface area contributed by atoms with Crippen LogP contribution in [0.25, 0.3) is 0 Å². The lowest BCUT2D eigenvalue weighted by Gasteiger charge is -2.14. The minimum absolute atomic E-state index is 0.00515. The summed E-state index contributed by atoms with van der Waals surface area (Å²) in [5, 5.41) is 16.9. The van der Waals surface area contributed by atoms with Gasteiger partial charge in [0.15, 0.2) is 0 Å². The van der Waals surface area contributed by atoms with Crippen molar-refractivity contribution in [1.29, 1.82) is 5.41 Å². The predicted octanol–water partition coefficient (Wildman–Crippen LogP) is 2.20. The fourth-order valence-corrected chi connectivity index (χ4v) is 1.16. The lowest BCUT2D eigenvalue weighted by atomic mass is 10.0. The number of hydrogen-bond donors (Lipinski definition) is 3. The predicted molar refractivity (Wildman–Crippen MR) is 69.5 cm³/mol. The number of rotatable bonds is 5. The topological polar surface area (TPSA) is 82.5 Å². The van der Waals surface area contributed by atoms with E-state index in [0.717, 1.165) is 18.5 Å². The highest BCUT2D eigenvalue weighted by atomic mass is 19.4. The van der Waals surface area contributed by atoms with E-state index in [1.165, 1.54) is 20.8 Å². The maximum absolute atomic E-state index is 12.6. The van der Waals surface area contributed by atoms with Gasteiger partial charge in [0.1, 0.15) is 0 Å². The van der Waals surface area contributed by atoms with Crippen LogP contribution in [0.4, 0.5) is 13.2 Å². The lowest BCUT2D eigenvalue weighted by Crippen LogP contribution is -2.24. The normalized spacial score (nSPS) is 15.1. The number of nitrogens with two attached hydrogens (primary N) is 1. The molecule has 0 aliphatic carbocycles. The van der Waals surface area contributed by atoms with Crippen molar-refractivity contribution in [2.24, 2.45) is 10.7 Å². The summed E-state index contributed by atoms with van der Waals surface area (Å²) in [7, 11) is 0. The fraction of sp³-hybridized carbons (Fsp3) is 0.500. The molecule has 0 aliphatic heterocycles. The van der Waals surface area contributed by atoms with Crippen LogP contribution in [-0.2, 0) is 0 Å². The van der Waals surface area contributed by atoms with Crippen molar-refractivity contribution in [3.63, 3.8) is 0 Å². The van der Waals surface area contributed by atoms with Gasteiger partial charge in [-0.25, -0.2) is 0 Å². The standard InChI is InChI=1S/C12H18F3N3O/c1-4-9(12(13,14)15)10(17)8(5-16)6-18-7-11(2,3)19/h4-6,17,19H,7,16H2,1-3H3/b8-5+,9-4+,17-10?,18-6?. The molecule has 0 atom stereocenters. The Bertz CT molecular complexity index is 415. The largest absolute Gasteiger partial charge is 0.418 e. The highest BCUT2D eigenvalue weighted by Crippen LogP contribution is 2.27. The Morgan fingerprint density at radius 2 is 1.89 bits per heavy atom. The van der Waals surface area contributed by atoms with Crippen LogP contribution in [0.15, 0.2) is 28.4 Å². The number of alkyl halides is 3. The number of nitrogens with zero attached hydrogens (tertiary/aromatic N) is 1. The molecule has 19 heavy (non-hydrogen) atoms. The summed E-state index contributed by atoms with van der Waals surface area (Å²) in [5.41, 5.74) is 2.14. The summed E-state index contributed by atoms with van der Waals surface area (Å²) in [6.45, 7) is 4.21. The average Bonchev–Trinajstić information content (AvgIpc) is 2.21. The van der Waals surface area contributed by atoms with Gasteiger partial charge in [-0.2, -0.15) is 13.2 Å². The van der Waals surface area contributed by atoms with Gasteiger partial charge in [0.2, 0.25) is 0 Å². The van der Waals surface area contributed by atoms with E-state index in [1.54, 1.807) is 0 Å². The Morgan fingerprint density at radius 1 is 1.37 bits per heavy atom. The van der Waals surface area contributed by atoms with Crippen LogP contribution in [0, 0.1) is 5.41 Å². The minimum Gasteiger partial charge on any atom is -0.404 e. The van der Waals surface area contributed by atoms with Gasteiger partial charge in [0, 0.05) is 18.0 Å². The molecule has 0 saturated carbocycles. The van der Waals surface area contributed by atoms with Crippen LogP contribution >= 0.6 is 0 Å². The summed E-state index contributed by atoms with van der Waals surface area (Å²) in [4.78, 5) is 3.77. The average molecular weight is 277 g/mol. The Hall–Kier alpha value is -1.63. The molecule has 4 N–H and O–H groups in total. The highest BCUT2D eigenvalue weighted by molar-refractivity contribution is 6.22. The van der Waals surface area contributed by atoms with Crippen LogP contribution < -0.4 is 5.73 Å². The van der Waals surface area contributed by atoms with Crippen molar-refractivity contribution in [2.75, 3.05) is 6.54 Å². The summed E-state index contributed by atoms with van der Waals surface area (Å²) in [6.07, 6.45) is -1.89. The quantitative estimate of drug-likeness (QED) is 0.673. The SMILES string of the molecule is C/C=C(\C(=N)/C(C=NCC(C)(C)O)=C/N)C(F)(F)F. The summed E-state index contributed by atoms with van der Waals surface area (Å²) < 4.78 is 37.9. The summed E-state index contributed by atoms with van der Waals surface area (Å²) >= 11 is 0. The third kappa shape index (κ3) is 6.19. The molecule has 0 fully saturated rings. The summed E-state index contributed by atoms with van der Waals surface area (Å²) in [6, 6.07) is 0. The van der Waals surface area contributed by atoms with E-state index in [9.17, 15) is 18.3 Å². The molecule has 4 nitrogen and oxygen atoms in total. The first-order valence-corrected chi connectivity index (χ1v) is 5.50. The Balaban J connectivity index is 5.06. The maximum atomic E-state index is 12.6. The Labute approximate surface area is 110 Å². The molecule has 0 aromatic rings. The molecule has 0 amide bonds. The first-order chi connectivity index (χ1) is 8.53. The molecular weight excluding hydrogens is 259 g/mol. The van der Waals surface area contributed by atoms with Crippen molar-refractivity contribution < 1.29 is 18.3 Å². The molecule has 0 aromatic heterocycles. The molecule has 0 spiro atoms. The second-order valence-electron chi connectivity index (χ2n) is 4.48. The van der Waals surface area contributed by atoms with Gasteiger partial charge < -0.3 is 10.8 Å². The van der Waals surface area contributed by atoms with Gasteiger partial charge >= 0.3 is 6.18 Å². The van der Waals surface area contributed by atoms with E-state index in [-0.39, 0.29) is 12.1 Å². The zero-order chi connectivity index (χ0) is 15.3. The molecule has 0 radical (unpaired) electrons. The smallest absolute Gasteiger partial charge is 0.404 e. The van der Waals surface area contributed by atoms with E-state index in [1.807, 2.05) is 0 Å². The molecule has 0 rings (SSSR count). The minimum atomic E-state index is -4.62. The molecule has 7 heteroatoms. The van der Waals surface area contributed by atoms with Crippen LogP contribution in [0.3, 0.4) is 0 Å². The highest BCUT2D eigenvalue weighted by Gasteiger charge is 2.36. The molecule has 0 bridgehead atoms. The molecule has 0 aromatic carbocycles. The van der Waals surface area contributed by atoms with Crippen molar-refractivity contribution in [3.8, 4) is 0 Å². The van der Waals surface area contributed by atoms with Crippen molar-refractivity contribution in [2.45, 2.75) is 32.5 Å². The molecular formula is C12H18F3N3O. The van der Waals surface area contributed by atoms with Gasteiger partial charge in [0.25, 0.3) is 0 Å². The third-order valence-electron chi connectivity index (χ3n) is 2.04. The lowest BCUT2D eigenvalue weighted by molar-refractivity contribution is -0.0861. The maximum Gasteiger partial charge on any atom is 0.418 e. The van der Waals surface area contributed by atoms with Gasteiger partial charge in [0.05, 0.1) is 23.4 Å². The fourth-order valence-electron chi connectivity index (χ4n) is 1.16. The van der Waals surface area contributed by atoms with E-state index in [0.29, 0.717) is 0 Å². The number of nitrogens with one attached hydrogen (secondary N) is 1. The van der Waals surface area contributed by atoms with E-state index < -0.39 is 23.1 Å². The van der Waals surface area contributed by atoms with Gasteiger partial charge in [-0.3, -0.25) is 10.4 Å². The molecule has 0 saturated heterocycles. The number of aliphatic hydroxyl groups is 1. The molecule has 0 unspecified atom stereocenters. The van der Waals surface area contributed by atoms with E-state index >= 15 is 0 Å². The van der Waals surface area contributed by atoms with Gasteiger partial charge in [-0.1, -0.05) is 6.08 Å². The second kappa shape index (κ2) is 6.51. The first kappa shape index (κ1) is 17.4. The monoisotopic (exact) mass is 277 g/mol. The molecule has 0 heterocycles. The number of aliphatic imine (C=N–C) groups is 1. The number of hydrogen-bond acceptors (Lipinski definition) is 4. The Kier molecular flexibility index (Phi) is 5.95. The first-order valence-electron chi connectivity index (χ1n) is 5.50.